The molecule has 3 aromatic rings. The van der Waals surface area contributed by atoms with Crippen molar-refractivity contribution >= 4 is 17.7 Å². The lowest BCUT2D eigenvalue weighted by atomic mass is 10.1. The van der Waals surface area contributed by atoms with E-state index in [0.29, 0.717) is 28.4 Å². The molecular weight excluding hydrogens is 434 g/mol. The molecule has 0 aliphatic rings. The second-order valence-electron chi connectivity index (χ2n) is 6.61. The Balaban J connectivity index is 1.69. The number of ether oxygens (including phenoxy) is 4. The number of methoxy groups -OCH3 is 3. The van der Waals surface area contributed by atoms with Crippen LogP contribution in [0.4, 0.5) is 5.69 Å². The van der Waals surface area contributed by atoms with E-state index in [4.69, 9.17) is 23.4 Å². The fourth-order valence-corrected chi connectivity index (χ4v) is 2.85. The van der Waals surface area contributed by atoms with Gasteiger partial charge in [-0.15, -0.1) is 10.2 Å². The number of aromatic nitrogens is 2. The first-order valence-electron chi connectivity index (χ1n) is 9.63. The number of carbonyl (C=O) groups is 1. The number of esters is 1. The van der Waals surface area contributed by atoms with Gasteiger partial charge in [0.1, 0.15) is 5.75 Å². The van der Waals surface area contributed by atoms with Crippen molar-refractivity contribution in [3.8, 4) is 28.7 Å². The predicted molar refractivity (Wildman–Crippen MR) is 116 cm³/mol. The lowest BCUT2D eigenvalue weighted by Gasteiger charge is -2.12. The molecule has 0 spiro atoms. The molecule has 0 amide bonds. The van der Waals surface area contributed by atoms with Crippen molar-refractivity contribution in [3.05, 3.63) is 64.0 Å². The van der Waals surface area contributed by atoms with Crippen molar-refractivity contribution in [2.75, 3.05) is 21.3 Å². The van der Waals surface area contributed by atoms with Gasteiger partial charge in [-0.3, -0.25) is 10.1 Å². The van der Waals surface area contributed by atoms with Gasteiger partial charge in [-0.05, 0) is 31.2 Å². The summed E-state index contributed by atoms with van der Waals surface area (Å²) in [6, 6.07) is 8.95. The third-order valence-corrected chi connectivity index (χ3v) is 4.54. The van der Waals surface area contributed by atoms with Gasteiger partial charge < -0.3 is 23.4 Å². The number of nitro groups is 1. The summed E-state index contributed by atoms with van der Waals surface area (Å²) in [5.74, 6) is 1.03. The SMILES string of the molecule is COc1cc(OC)c(OC)cc1/C=C/C(=O)OC(C)c1nnc(-c2ccc([N+](=O)[O-])cc2)o1. The fourth-order valence-electron chi connectivity index (χ4n) is 2.85. The average molecular weight is 455 g/mol. The predicted octanol–water partition coefficient (Wildman–Crippen LogP) is 3.99. The molecule has 0 aliphatic carbocycles. The van der Waals surface area contributed by atoms with Gasteiger partial charge >= 0.3 is 5.97 Å². The van der Waals surface area contributed by atoms with Crippen LogP contribution >= 0.6 is 0 Å². The van der Waals surface area contributed by atoms with Crippen LogP contribution < -0.4 is 14.2 Å². The van der Waals surface area contributed by atoms with Crippen LogP contribution in [-0.4, -0.2) is 42.4 Å². The second kappa shape index (κ2) is 10.3. The molecule has 1 aromatic heterocycles. The van der Waals surface area contributed by atoms with E-state index in [9.17, 15) is 14.9 Å². The highest BCUT2D eigenvalue weighted by molar-refractivity contribution is 5.88. The van der Waals surface area contributed by atoms with Crippen LogP contribution in [0.2, 0.25) is 0 Å². The van der Waals surface area contributed by atoms with Crippen molar-refractivity contribution in [2.24, 2.45) is 0 Å². The summed E-state index contributed by atoms with van der Waals surface area (Å²) in [6.07, 6.45) is 1.92. The minimum Gasteiger partial charge on any atom is -0.496 e. The van der Waals surface area contributed by atoms with Crippen molar-refractivity contribution < 1.29 is 33.1 Å². The van der Waals surface area contributed by atoms with Crippen LogP contribution in [0.1, 0.15) is 24.5 Å². The molecule has 172 valence electrons. The Labute approximate surface area is 188 Å². The van der Waals surface area contributed by atoms with Crippen LogP contribution in [0.5, 0.6) is 17.2 Å². The average Bonchev–Trinajstić information content (AvgIpc) is 3.32. The Bertz CT molecular complexity index is 1170. The van der Waals surface area contributed by atoms with Crippen LogP contribution in [-0.2, 0) is 9.53 Å². The molecule has 1 atom stereocenters. The topological polar surface area (TPSA) is 136 Å². The van der Waals surface area contributed by atoms with E-state index in [1.807, 2.05) is 0 Å². The summed E-state index contributed by atoms with van der Waals surface area (Å²) in [4.78, 5) is 22.6. The van der Waals surface area contributed by atoms with Gasteiger partial charge in [-0.1, -0.05) is 0 Å². The monoisotopic (exact) mass is 455 g/mol. The molecule has 0 aliphatic heterocycles. The number of benzene rings is 2. The normalized spacial score (nSPS) is 11.8. The number of hydrogen-bond donors (Lipinski definition) is 0. The van der Waals surface area contributed by atoms with E-state index < -0.39 is 17.0 Å². The minimum atomic E-state index is -0.825. The first-order chi connectivity index (χ1) is 15.9. The molecule has 3 rings (SSSR count). The highest BCUT2D eigenvalue weighted by Gasteiger charge is 2.19. The summed E-state index contributed by atoms with van der Waals surface area (Å²) < 4.78 is 26.7. The van der Waals surface area contributed by atoms with Gasteiger partial charge in [0.15, 0.2) is 17.6 Å². The lowest BCUT2D eigenvalue weighted by molar-refractivity contribution is -0.384. The number of non-ortho nitro benzene ring substituents is 1. The molecule has 1 unspecified atom stereocenters. The van der Waals surface area contributed by atoms with Gasteiger partial charge in [-0.2, -0.15) is 0 Å². The van der Waals surface area contributed by atoms with Gasteiger partial charge in [-0.25, -0.2) is 4.79 Å². The van der Waals surface area contributed by atoms with E-state index in [1.165, 1.54) is 57.7 Å². The first kappa shape index (κ1) is 23.3. The lowest BCUT2D eigenvalue weighted by Crippen LogP contribution is -2.06. The zero-order valence-corrected chi connectivity index (χ0v) is 18.3. The summed E-state index contributed by atoms with van der Waals surface area (Å²) in [6.45, 7) is 1.58. The maximum absolute atomic E-state index is 12.3. The molecule has 0 saturated heterocycles. The molecule has 11 heteroatoms. The van der Waals surface area contributed by atoms with Crippen molar-refractivity contribution in [1.29, 1.82) is 0 Å². The molecular formula is C22H21N3O8. The van der Waals surface area contributed by atoms with Crippen LogP contribution in [0.25, 0.3) is 17.5 Å². The minimum absolute atomic E-state index is 0.0568. The third kappa shape index (κ3) is 5.45. The van der Waals surface area contributed by atoms with E-state index in [2.05, 4.69) is 10.2 Å². The summed E-state index contributed by atoms with van der Waals surface area (Å²) in [5.41, 5.74) is 1.02. The van der Waals surface area contributed by atoms with Gasteiger partial charge in [0, 0.05) is 35.4 Å². The molecule has 0 N–H and O–H groups in total. The van der Waals surface area contributed by atoms with E-state index in [-0.39, 0.29) is 17.5 Å². The van der Waals surface area contributed by atoms with Crippen LogP contribution in [0, 0.1) is 10.1 Å². The number of nitro benzene ring substituents is 1. The van der Waals surface area contributed by atoms with Crippen LogP contribution in [0.15, 0.2) is 46.9 Å². The molecule has 11 nitrogen and oxygen atoms in total. The molecule has 2 aromatic carbocycles. The first-order valence-corrected chi connectivity index (χ1v) is 9.63. The summed E-state index contributed by atoms with van der Waals surface area (Å²) in [5, 5.41) is 18.6. The Morgan fingerprint density at radius 1 is 1.03 bits per heavy atom. The number of nitrogens with zero attached hydrogens (tertiary/aromatic N) is 3. The van der Waals surface area contributed by atoms with Crippen molar-refractivity contribution in [1.82, 2.24) is 10.2 Å². The van der Waals surface area contributed by atoms with Crippen LogP contribution in [0.3, 0.4) is 0 Å². The highest BCUT2D eigenvalue weighted by atomic mass is 16.6. The van der Waals surface area contributed by atoms with E-state index in [0.717, 1.165) is 0 Å². The Kier molecular flexibility index (Phi) is 7.24. The summed E-state index contributed by atoms with van der Waals surface area (Å²) in [7, 11) is 4.51. The maximum atomic E-state index is 12.3. The van der Waals surface area contributed by atoms with Crippen molar-refractivity contribution in [2.45, 2.75) is 13.0 Å². The second-order valence-corrected chi connectivity index (χ2v) is 6.61. The van der Waals surface area contributed by atoms with Gasteiger partial charge in [0.2, 0.25) is 5.89 Å². The molecule has 0 bridgehead atoms. The third-order valence-electron chi connectivity index (χ3n) is 4.54. The molecule has 1 heterocycles. The van der Waals surface area contributed by atoms with Crippen molar-refractivity contribution in [3.63, 3.8) is 0 Å². The fraction of sp³-hybridized carbons (Fsp3) is 0.227. The quantitative estimate of drug-likeness (QED) is 0.202. The van der Waals surface area contributed by atoms with E-state index >= 15 is 0 Å². The zero-order chi connectivity index (χ0) is 24.0. The standard InChI is InChI=1S/C22H21N3O8/c1-13(21-23-24-22(33-21)14-5-8-16(9-6-14)25(27)28)32-20(26)10-7-15-11-18(30-3)19(31-4)12-17(15)29-2/h5-13H,1-4H3/b10-7+. The van der Waals surface area contributed by atoms with Gasteiger partial charge in [0.05, 0.1) is 26.3 Å². The Morgan fingerprint density at radius 3 is 2.27 bits per heavy atom. The molecule has 0 fully saturated rings. The largest absolute Gasteiger partial charge is 0.496 e. The molecule has 33 heavy (non-hydrogen) atoms. The Morgan fingerprint density at radius 2 is 1.67 bits per heavy atom. The number of hydrogen-bond acceptors (Lipinski definition) is 10. The smallest absolute Gasteiger partial charge is 0.331 e. The maximum Gasteiger partial charge on any atom is 0.331 e. The van der Waals surface area contributed by atoms with E-state index in [1.54, 1.807) is 19.1 Å². The highest BCUT2D eigenvalue weighted by Crippen LogP contribution is 2.35. The molecule has 0 radical (unpaired) electrons. The number of rotatable bonds is 9. The summed E-state index contributed by atoms with van der Waals surface area (Å²) >= 11 is 0. The number of carbonyl (C=O) groups excluding carboxylic acids is 1. The Hall–Kier alpha value is -4.41. The molecule has 0 saturated carbocycles. The zero-order valence-electron chi connectivity index (χ0n) is 18.3. The van der Waals surface area contributed by atoms with Gasteiger partial charge in [0.25, 0.3) is 11.6 Å².